The largest absolute Gasteiger partial charge is 0.487 e. The van der Waals surface area contributed by atoms with E-state index in [2.05, 4.69) is 51.9 Å². The van der Waals surface area contributed by atoms with Crippen molar-refractivity contribution in [1.82, 2.24) is 0 Å². The fourth-order valence-electron chi connectivity index (χ4n) is 5.05. The van der Waals surface area contributed by atoms with Gasteiger partial charge in [0.1, 0.15) is 31.8 Å². The van der Waals surface area contributed by atoms with Crippen LogP contribution in [0, 0.1) is 13.8 Å². The fourth-order valence-corrected chi connectivity index (χ4v) is 8.30. The Bertz CT molecular complexity index is 2270. The molecule has 16 nitrogen and oxygen atoms in total. The number of carbonyl (C=O) groups excluding carboxylic acids is 2. The molecule has 0 spiro atoms. The standard InChI is InChI=1S/C19H20Br2N2O6S.C19H20Cl2N2O6S/c2*1-3-30(27,28)23-14-5-11(2)4-12(6-14)10-29-19-15(20)7-13(8-16(19)21)22-17(24)9-18(25)26/h2*4-8,23H,3,9-10H2,1-2H3,(H,22,24)(H,25,26). The summed E-state index contributed by atoms with van der Waals surface area (Å²) in [6, 6.07) is 16.4. The summed E-state index contributed by atoms with van der Waals surface area (Å²) < 4.78 is 64.9. The number of rotatable bonds is 18. The second kappa shape index (κ2) is 22.3. The molecule has 22 heteroatoms. The number of aryl methyl sites for hydroxylation is 2. The Morgan fingerprint density at radius 1 is 0.583 bits per heavy atom. The minimum Gasteiger partial charge on any atom is -0.487 e. The van der Waals surface area contributed by atoms with E-state index in [1.165, 1.54) is 12.1 Å². The molecule has 0 heterocycles. The number of hydrogen-bond acceptors (Lipinski definition) is 10. The maximum Gasteiger partial charge on any atom is 0.312 e. The van der Waals surface area contributed by atoms with Gasteiger partial charge in [0, 0.05) is 22.7 Å². The second-order valence-corrected chi connectivity index (χ2v) is 19.3. The number of anilines is 4. The molecule has 0 aliphatic carbocycles. The summed E-state index contributed by atoms with van der Waals surface area (Å²) in [4.78, 5) is 44.4. The van der Waals surface area contributed by atoms with Crippen molar-refractivity contribution in [3.05, 3.63) is 102 Å². The highest BCUT2D eigenvalue weighted by Crippen LogP contribution is 2.38. The van der Waals surface area contributed by atoms with Gasteiger partial charge in [-0.3, -0.25) is 28.6 Å². The maximum atomic E-state index is 11.8. The average molecular weight is 1040 g/mol. The molecule has 0 aliphatic heterocycles. The number of carbonyl (C=O) groups is 4. The first-order chi connectivity index (χ1) is 28.0. The molecule has 0 radical (unpaired) electrons. The van der Waals surface area contributed by atoms with Crippen molar-refractivity contribution in [2.24, 2.45) is 0 Å². The number of halogens is 4. The van der Waals surface area contributed by atoms with Crippen molar-refractivity contribution in [2.75, 3.05) is 31.6 Å². The van der Waals surface area contributed by atoms with Gasteiger partial charge in [-0.2, -0.15) is 0 Å². The van der Waals surface area contributed by atoms with Gasteiger partial charge in [0.2, 0.25) is 31.9 Å². The summed E-state index contributed by atoms with van der Waals surface area (Å²) in [5.74, 6) is -3.26. The van der Waals surface area contributed by atoms with E-state index in [1.54, 1.807) is 50.2 Å². The summed E-state index contributed by atoms with van der Waals surface area (Å²) in [5.41, 5.74) is 4.68. The van der Waals surface area contributed by atoms with Crippen LogP contribution in [0.3, 0.4) is 0 Å². The number of aliphatic carboxylic acids is 2. The molecule has 0 saturated carbocycles. The van der Waals surface area contributed by atoms with Crippen LogP contribution in [0.4, 0.5) is 22.7 Å². The lowest BCUT2D eigenvalue weighted by atomic mass is 10.1. The number of carboxylic acid groups (broad SMARTS) is 2. The molecule has 2 amide bonds. The highest BCUT2D eigenvalue weighted by molar-refractivity contribution is 9.11. The smallest absolute Gasteiger partial charge is 0.312 e. The quantitative estimate of drug-likeness (QED) is 0.0516. The second-order valence-electron chi connectivity index (χ2n) is 12.8. The van der Waals surface area contributed by atoms with Gasteiger partial charge in [-0.1, -0.05) is 35.3 Å². The molecule has 4 aromatic carbocycles. The first-order valence-corrected chi connectivity index (χ1v) is 23.1. The molecule has 4 rings (SSSR count). The molecular formula is C38H40Br2Cl2N4O12S2. The van der Waals surface area contributed by atoms with Crippen LogP contribution in [0.1, 0.15) is 48.9 Å². The van der Waals surface area contributed by atoms with Crippen LogP contribution in [0.5, 0.6) is 11.5 Å². The summed E-state index contributed by atoms with van der Waals surface area (Å²) in [6.45, 7) is 7.01. The van der Waals surface area contributed by atoms with Crippen LogP contribution in [0.2, 0.25) is 10.0 Å². The first-order valence-electron chi connectivity index (χ1n) is 17.5. The highest BCUT2D eigenvalue weighted by atomic mass is 79.9. The molecule has 0 aliphatic rings. The van der Waals surface area contributed by atoms with Crippen LogP contribution >= 0.6 is 55.1 Å². The van der Waals surface area contributed by atoms with Crippen molar-refractivity contribution in [3.8, 4) is 11.5 Å². The lowest BCUT2D eigenvalue weighted by Crippen LogP contribution is -2.16. The molecule has 0 saturated heterocycles. The number of carboxylic acids is 2. The first kappa shape index (κ1) is 49.8. The number of benzene rings is 4. The molecule has 0 atom stereocenters. The van der Waals surface area contributed by atoms with E-state index < -0.39 is 56.6 Å². The summed E-state index contributed by atoms with van der Waals surface area (Å²) >= 11 is 19.1. The third kappa shape index (κ3) is 16.8. The van der Waals surface area contributed by atoms with E-state index in [4.69, 9.17) is 42.9 Å². The van der Waals surface area contributed by atoms with E-state index >= 15 is 0 Å². The van der Waals surface area contributed by atoms with Gasteiger partial charge in [-0.15, -0.1) is 0 Å². The van der Waals surface area contributed by atoms with Crippen LogP contribution in [0.15, 0.2) is 69.6 Å². The SMILES string of the molecule is CCS(=O)(=O)Nc1cc(C)cc(COc2c(Br)cc(NC(=O)CC(=O)O)cc2Br)c1.CCS(=O)(=O)Nc1cc(C)cc(COc2c(Cl)cc(NC(=O)CC(=O)O)cc2Cl)c1. The number of amides is 2. The van der Waals surface area contributed by atoms with Gasteiger partial charge >= 0.3 is 11.9 Å². The molecule has 324 valence electrons. The fraction of sp³-hybridized carbons (Fsp3) is 0.263. The van der Waals surface area contributed by atoms with Crippen molar-refractivity contribution in [3.63, 3.8) is 0 Å². The number of hydrogen-bond donors (Lipinski definition) is 6. The summed E-state index contributed by atoms with van der Waals surface area (Å²) in [6.07, 6.45) is -1.32. The van der Waals surface area contributed by atoms with Crippen molar-refractivity contribution in [2.45, 2.75) is 53.8 Å². The van der Waals surface area contributed by atoms with Crippen molar-refractivity contribution >= 4 is 122 Å². The van der Waals surface area contributed by atoms with Crippen LogP contribution < -0.4 is 29.6 Å². The Balaban J connectivity index is 0.000000320. The molecule has 0 fully saturated rings. The Morgan fingerprint density at radius 3 is 1.32 bits per heavy atom. The number of nitrogens with one attached hydrogen (secondary N) is 4. The molecule has 0 unspecified atom stereocenters. The average Bonchev–Trinajstić information content (AvgIpc) is 3.09. The molecule has 0 aromatic heterocycles. The lowest BCUT2D eigenvalue weighted by Gasteiger charge is -2.14. The molecular weight excluding hydrogens is 999 g/mol. The summed E-state index contributed by atoms with van der Waals surface area (Å²) in [5, 5.41) is 22.4. The van der Waals surface area contributed by atoms with E-state index in [9.17, 15) is 36.0 Å². The monoisotopic (exact) mass is 1040 g/mol. The van der Waals surface area contributed by atoms with E-state index in [0.717, 1.165) is 16.7 Å². The van der Waals surface area contributed by atoms with Crippen molar-refractivity contribution in [1.29, 1.82) is 0 Å². The third-order valence-corrected chi connectivity index (χ3v) is 11.9. The normalized spacial score (nSPS) is 11.1. The van der Waals surface area contributed by atoms with Crippen LogP contribution in [-0.2, 0) is 52.4 Å². The van der Waals surface area contributed by atoms with E-state index in [1.807, 2.05) is 26.0 Å². The Kier molecular flexibility index (Phi) is 18.5. The Morgan fingerprint density at radius 2 is 0.950 bits per heavy atom. The Labute approximate surface area is 373 Å². The van der Waals surface area contributed by atoms with Gasteiger partial charge in [-0.05, 0) is 130 Å². The number of ether oxygens (including phenoxy) is 2. The highest BCUT2D eigenvalue weighted by Gasteiger charge is 2.16. The zero-order valence-corrected chi connectivity index (χ0v) is 38.6. The third-order valence-electron chi connectivity index (χ3n) is 7.54. The maximum absolute atomic E-state index is 11.8. The Hall–Kier alpha value is -4.60. The number of sulfonamides is 2. The van der Waals surface area contributed by atoms with Gasteiger partial charge in [0.25, 0.3) is 0 Å². The minimum atomic E-state index is -3.41. The van der Waals surface area contributed by atoms with Crippen LogP contribution in [-0.4, -0.2) is 62.3 Å². The van der Waals surface area contributed by atoms with Crippen LogP contribution in [0.25, 0.3) is 0 Å². The van der Waals surface area contributed by atoms with Gasteiger partial charge in [0.15, 0.2) is 5.75 Å². The zero-order valence-electron chi connectivity index (χ0n) is 32.3. The van der Waals surface area contributed by atoms with E-state index in [-0.39, 0.29) is 46.2 Å². The van der Waals surface area contributed by atoms with E-state index in [0.29, 0.717) is 37.3 Å². The molecule has 60 heavy (non-hydrogen) atoms. The minimum absolute atomic E-state index is 0.0258. The lowest BCUT2D eigenvalue weighted by molar-refractivity contribution is -0.141. The summed E-state index contributed by atoms with van der Waals surface area (Å²) in [7, 11) is -6.80. The zero-order chi connectivity index (χ0) is 44.9. The topological polar surface area (TPSA) is 244 Å². The predicted octanol–water partition coefficient (Wildman–Crippen LogP) is 8.33. The van der Waals surface area contributed by atoms with Gasteiger partial charge in [-0.25, -0.2) is 16.8 Å². The van der Waals surface area contributed by atoms with Crippen molar-refractivity contribution < 1.29 is 55.7 Å². The molecule has 4 aromatic rings. The van der Waals surface area contributed by atoms with Gasteiger partial charge < -0.3 is 30.3 Å². The predicted molar refractivity (Wildman–Crippen MR) is 237 cm³/mol. The van der Waals surface area contributed by atoms with Gasteiger partial charge in [0.05, 0.1) is 30.5 Å². The molecule has 0 bridgehead atoms. The molecule has 6 N–H and O–H groups in total.